The van der Waals surface area contributed by atoms with Crippen molar-refractivity contribution in [3.63, 3.8) is 0 Å². The second-order valence-corrected chi connectivity index (χ2v) is 4.71. The van der Waals surface area contributed by atoms with Crippen LogP contribution in [0.3, 0.4) is 0 Å². The van der Waals surface area contributed by atoms with Crippen molar-refractivity contribution in [2.45, 2.75) is 0 Å². The zero-order valence-corrected chi connectivity index (χ0v) is 13.2. The number of aromatic amines is 1. The molecule has 0 amide bonds. The maximum Gasteiger partial charge on any atom is 0.354 e. The van der Waals surface area contributed by atoms with E-state index in [0.717, 1.165) is 11.6 Å². The van der Waals surface area contributed by atoms with Crippen LogP contribution >= 0.6 is 0 Å². The van der Waals surface area contributed by atoms with E-state index in [-0.39, 0.29) is 11.3 Å². The third-order valence-electron chi connectivity index (χ3n) is 3.09. The fourth-order valence-corrected chi connectivity index (χ4v) is 1.97. The van der Waals surface area contributed by atoms with Gasteiger partial charge in [0.25, 0.3) is 0 Å². The Labute approximate surface area is 137 Å². The molecule has 2 rings (SSSR count). The number of hydrogen-bond donors (Lipinski definition) is 2. The van der Waals surface area contributed by atoms with Gasteiger partial charge in [-0.25, -0.2) is 9.59 Å². The van der Waals surface area contributed by atoms with Crippen LogP contribution < -0.4 is 10.9 Å². The first-order valence-corrected chi connectivity index (χ1v) is 6.98. The Morgan fingerprint density at radius 3 is 2.50 bits per heavy atom. The minimum Gasteiger partial charge on any atom is -0.466 e. The molecule has 0 radical (unpaired) electrons. The number of esters is 2. The van der Waals surface area contributed by atoms with Crippen LogP contribution in [0.15, 0.2) is 59.0 Å². The molecule has 7 nitrogen and oxygen atoms in total. The van der Waals surface area contributed by atoms with Crippen LogP contribution in [0.4, 0.5) is 5.69 Å². The first kappa shape index (κ1) is 17.0. The summed E-state index contributed by atoms with van der Waals surface area (Å²) in [5.41, 5.74) is 1.62. The van der Waals surface area contributed by atoms with E-state index in [9.17, 15) is 14.4 Å². The predicted molar refractivity (Wildman–Crippen MR) is 88.2 cm³/mol. The molecule has 0 saturated carbocycles. The lowest BCUT2D eigenvalue weighted by atomic mass is 10.1. The van der Waals surface area contributed by atoms with Crippen molar-refractivity contribution in [2.75, 3.05) is 19.5 Å². The van der Waals surface area contributed by atoms with Gasteiger partial charge in [0.05, 0.1) is 20.3 Å². The molecule has 0 fully saturated rings. The molecule has 124 valence electrons. The van der Waals surface area contributed by atoms with Crippen LogP contribution in [0.2, 0.25) is 0 Å². The Balaban J connectivity index is 2.33. The van der Waals surface area contributed by atoms with Crippen molar-refractivity contribution in [2.24, 2.45) is 0 Å². The highest BCUT2D eigenvalue weighted by molar-refractivity contribution is 5.98. The van der Waals surface area contributed by atoms with Crippen molar-refractivity contribution < 1.29 is 19.1 Å². The van der Waals surface area contributed by atoms with Crippen molar-refractivity contribution in [3.05, 3.63) is 64.6 Å². The molecule has 7 heteroatoms. The van der Waals surface area contributed by atoms with Gasteiger partial charge in [-0.3, -0.25) is 4.79 Å². The molecule has 0 aliphatic rings. The summed E-state index contributed by atoms with van der Waals surface area (Å²) in [6.45, 7) is 0. The first-order valence-electron chi connectivity index (χ1n) is 6.98. The van der Waals surface area contributed by atoms with Crippen LogP contribution in [0.1, 0.15) is 0 Å². The number of anilines is 1. The number of carbonyl (C=O) groups is 2. The Bertz CT molecular complexity index is 839. The molecule has 1 aromatic heterocycles. The van der Waals surface area contributed by atoms with Gasteiger partial charge >= 0.3 is 11.9 Å². The highest BCUT2D eigenvalue weighted by Crippen LogP contribution is 2.21. The number of carbonyl (C=O) groups excluding carboxylic acids is 2. The third-order valence-corrected chi connectivity index (χ3v) is 3.09. The average molecular weight is 328 g/mol. The van der Waals surface area contributed by atoms with Crippen LogP contribution in [0.5, 0.6) is 0 Å². The van der Waals surface area contributed by atoms with E-state index in [2.05, 4.69) is 19.8 Å². The molecule has 2 aromatic rings. The van der Waals surface area contributed by atoms with E-state index in [4.69, 9.17) is 0 Å². The van der Waals surface area contributed by atoms with Gasteiger partial charge in [0.1, 0.15) is 5.70 Å². The first-order chi connectivity index (χ1) is 11.5. The summed E-state index contributed by atoms with van der Waals surface area (Å²) in [5, 5.41) is 2.81. The zero-order chi connectivity index (χ0) is 17.5. The van der Waals surface area contributed by atoms with Gasteiger partial charge in [-0.2, -0.15) is 0 Å². The minimum absolute atomic E-state index is 0.0666. The SMILES string of the molecule is COC(=O)/C=C(/Nc1cccc(-c2cccc(=O)[nH]2)c1)C(=O)OC. The summed E-state index contributed by atoms with van der Waals surface area (Å²) in [7, 11) is 2.42. The van der Waals surface area contributed by atoms with Gasteiger partial charge in [-0.15, -0.1) is 0 Å². The van der Waals surface area contributed by atoms with Gasteiger partial charge < -0.3 is 19.8 Å². The third kappa shape index (κ3) is 4.33. The maximum absolute atomic E-state index is 11.8. The van der Waals surface area contributed by atoms with E-state index in [1.54, 1.807) is 36.4 Å². The van der Waals surface area contributed by atoms with E-state index < -0.39 is 11.9 Å². The van der Waals surface area contributed by atoms with E-state index in [0.29, 0.717) is 11.4 Å². The second kappa shape index (κ2) is 7.77. The normalized spacial score (nSPS) is 10.8. The Morgan fingerprint density at radius 2 is 1.83 bits per heavy atom. The van der Waals surface area contributed by atoms with Gasteiger partial charge in [-0.1, -0.05) is 18.2 Å². The van der Waals surface area contributed by atoms with Gasteiger partial charge in [0, 0.05) is 23.0 Å². The fraction of sp³-hybridized carbons (Fsp3) is 0.118. The Morgan fingerprint density at radius 1 is 1.08 bits per heavy atom. The standard InChI is InChI=1S/C17H16N2O5/c1-23-16(21)10-14(17(22)24-2)18-12-6-3-5-11(9-12)13-7-4-8-15(20)19-13/h3-10,18H,1-2H3,(H,19,20)/b14-10+. The number of pyridine rings is 1. The van der Waals surface area contributed by atoms with Crippen molar-refractivity contribution >= 4 is 17.6 Å². The quantitative estimate of drug-likeness (QED) is 0.640. The Hall–Kier alpha value is -3.35. The highest BCUT2D eigenvalue weighted by Gasteiger charge is 2.13. The van der Waals surface area contributed by atoms with Crippen LogP contribution in [-0.2, 0) is 19.1 Å². The van der Waals surface area contributed by atoms with Crippen LogP contribution in [0.25, 0.3) is 11.3 Å². The van der Waals surface area contributed by atoms with E-state index in [1.165, 1.54) is 20.3 Å². The van der Waals surface area contributed by atoms with Crippen LogP contribution in [0, 0.1) is 0 Å². The molecule has 1 aromatic carbocycles. The summed E-state index contributed by atoms with van der Waals surface area (Å²) in [6.07, 6.45) is 1.00. The van der Waals surface area contributed by atoms with Crippen LogP contribution in [-0.4, -0.2) is 31.1 Å². The molecule has 0 aliphatic heterocycles. The number of aromatic nitrogens is 1. The lowest BCUT2D eigenvalue weighted by molar-refractivity contribution is -0.138. The summed E-state index contributed by atoms with van der Waals surface area (Å²) in [6, 6.07) is 11.8. The largest absolute Gasteiger partial charge is 0.466 e. The molecular formula is C17H16N2O5. The van der Waals surface area contributed by atoms with Gasteiger partial charge in [-0.05, 0) is 18.2 Å². The Kier molecular flexibility index (Phi) is 5.51. The lowest BCUT2D eigenvalue weighted by Crippen LogP contribution is -2.15. The molecule has 1 heterocycles. The number of hydrogen-bond acceptors (Lipinski definition) is 6. The number of ether oxygens (including phenoxy) is 2. The number of H-pyrrole nitrogens is 1. The topological polar surface area (TPSA) is 97.5 Å². The smallest absolute Gasteiger partial charge is 0.354 e. The zero-order valence-electron chi connectivity index (χ0n) is 13.2. The van der Waals surface area contributed by atoms with Gasteiger partial charge in [0.2, 0.25) is 5.56 Å². The van der Waals surface area contributed by atoms with Crippen molar-refractivity contribution in [3.8, 4) is 11.3 Å². The average Bonchev–Trinajstić information content (AvgIpc) is 2.60. The van der Waals surface area contributed by atoms with Crippen molar-refractivity contribution in [1.29, 1.82) is 0 Å². The molecule has 0 bridgehead atoms. The summed E-state index contributed by atoms with van der Waals surface area (Å²) in [4.78, 5) is 37.3. The molecule has 0 aliphatic carbocycles. The molecule has 0 spiro atoms. The maximum atomic E-state index is 11.8. The fourth-order valence-electron chi connectivity index (χ4n) is 1.97. The molecular weight excluding hydrogens is 312 g/mol. The molecule has 0 saturated heterocycles. The second-order valence-electron chi connectivity index (χ2n) is 4.71. The monoisotopic (exact) mass is 328 g/mol. The molecule has 2 N–H and O–H groups in total. The van der Waals surface area contributed by atoms with Gasteiger partial charge in [0.15, 0.2) is 0 Å². The van der Waals surface area contributed by atoms with Crippen molar-refractivity contribution in [1.82, 2.24) is 4.98 Å². The molecule has 24 heavy (non-hydrogen) atoms. The summed E-state index contributed by atoms with van der Waals surface area (Å²) < 4.78 is 9.15. The minimum atomic E-state index is -0.709. The number of nitrogens with one attached hydrogen (secondary N) is 2. The summed E-state index contributed by atoms with van der Waals surface area (Å²) >= 11 is 0. The highest BCUT2D eigenvalue weighted by atomic mass is 16.5. The number of benzene rings is 1. The summed E-state index contributed by atoms with van der Waals surface area (Å²) in [5.74, 6) is -1.40. The predicted octanol–water partition coefficient (Wildman–Crippen LogP) is 1.68. The van der Waals surface area contributed by atoms with E-state index in [1.807, 2.05) is 0 Å². The number of rotatable bonds is 5. The van der Waals surface area contributed by atoms with E-state index >= 15 is 0 Å². The lowest BCUT2D eigenvalue weighted by Gasteiger charge is -2.10. The molecule has 0 atom stereocenters. The molecule has 0 unspecified atom stereocenters. The number of methoxy groups -OCH3 is 2.